The highest BCUT2D eigenvalue weighted by atomic mass is 16.4. The molecule has 1 aliphatic rings. The molecule has 3 N–H and O–H groups in total. The molecule has 0 heterocycles. The van der Waals surface area contributed by atoms with E-state index in [4.69, 9.17) is 5.11 Å². The van der Waals surface area contributed by atoms with Gasteiger partial charge in [-0.05, 0) is 31.1 Å². The van der Waals surface area contributed by atoms with E-state index < -0.39 is 12.0 Å². The first-order valence-corrected chi connectivity index (χ1v) is 7.25. The van der Waals surface area contributed by atoms with Gasteiger partial charge in [0, 0.05) is 6.04 Å². The van der Waals surface area contributed by atoms with Gasteiger partial charge in [0.1, 0.15) is 6.04 Å². The molecular formula is C14H26N2O3. The Balaban J connectivity index is 2.52. The number of rotatable bonds is 5. The Labute approximate surface area is 115 Å². The molecule has 0 aromatic rings. The van der Waals surface area contributed by atoms with Gasteiger partial charge in [-0.15, -0.1) is 0 Å². The summed E-state index contributed by atoms with van der Waals surface area (Å²) < 4.78 is 0. The number of nitrogens with one attached hydrogen (secondary N) is 2. The lowest BCUT2D eigenvalue weighted by Crippen LogP contribution is -2.52. The Morgan fingerprint density at radius 1 is 1.26 bits per heavy atom. The summed E-state index contributed by atoms with van der Waals surface area (Å²) >= 11 is 0. The van der Waals surface area contributed by atoms with Crippen LogP contribution in [0.4, 0.5) is 4.79 Å². The van der Waals surface area contributed by atoms with E-state index in [0.717, 1.165) is 19.3 Å². The molecule has 0 radical (unpaired) electrons. The minimum atomic E-state index is -0.985. The van der Waals surface area contributed by atoms with Gasteiger partial charge in [0.2, 0.25) is 0 Å². The van der Waals surface area contributed by atoms with Crippen LogP contribution in [-0.4, -0.2) is 29.2 Å². The summed E-state index contributed by atoms with van der Waals surface area (Å²) in [6.07, 6.45) is 4.86. The number of urea groups is 1. The highest BCUT2D eigenvalue weighted by molar-refractivity contribution is 5.82. The fraction of sp³-hybridized carbons (Fsp3) is 0.857. The number of carboxylic acid groups (broad SMARTS) is 1. The Kier molecular flexibility index (Phi) is 6.12. The topological polar surface area (TPSA) is 78.4 Å². The molecule has 0 aromatic carbocycles. The molecule has 0 spiro atoms. The minimum absolute atomic E-state index is 0.167. The summed E-state index contributed by atoms with van der Waals surface area (Å²) in [4.78, 5) is 22.8. The maximum Gasteiger partial charge on any atom is 0.326 e. The molecule has 1 fully saturated rings. The van der Waals surface area contributed by atoms with Crippen LogP contribution in [0.5, 0.6) is 0 Å². The van der Waals surface area contributed by atoms with E-state index in [0.29, 0.717) is 18.3 Å². The van der Waals surface area contributed by atoms with E-state index in [1.54, 1.807) is 6.92 Å². The van der Waals surface area contributed by atoms with Gasteiger partial charge >= 0.3 is 12.0 Å². The van der Waals surface area contributed by atoms with Gasteiger partial charge in [-0.25, -0.2) is 9.59 Å². The Morgan fingerprint density at radius 3 is 2.42 bits per heavy atom. The predicted octanol–water partition coefficient (Wildman–Crippen LogP) is 2.36. The monoisotopic (exact) mass is 270 g/mol. The smallest absolute Gasteiger partial charge is 0.326 e. The molecule has 2 unspecified atom stereocenters. The Hall–Kier alpha value is -1.26. The second-order valence-electron chi connectivity index (χ2n) is 5.72. The second kappa shape index (κ2) is 7.36. The molecule has 1 saturated carbocycles. The zero-order valence-electron chi connectivity index (χ0n) is 12.1. The first-order valence-electron chi connectivity index (χ1n) is 7.25. The van der Waals surface area contributed by atoms with Gasteiger partial charge in [0.05, 0.1) is 0 Å². The zero-order chi connectivity index (χ0) is 14.4. The highest BCUT2D eigenvalue weighted by Gasteiger charge is 2.29. The first-order chi connectivity index (χ1) is 8.95. The van der Waals surface area contributed by atoms with Gasteiger partial charge in [0.15, 0.2) is 0 Å². The van der Waals surface area contributed by atoms with Crippen molar-refractivity contribution < 1.29 is 14.7 Å². The summed E-state index contributed by atoms with van der Waals surface area (Å²) in [5, 5.41) is 14.4. The van der Waals surface area contributed by atoms with Crippen LogP contribution in [0.1, 0.15) is 52.9 Å². The Bertz CT molecular complexity index is 318. The molecule has 0 saturated heterocycles. The molecule has 1 aliphatic carbocycles. The molecule has 5 nitrogen and oxygen atoms in total. The van der Waals surface area contributed by atoms with Crippen molar-refractivity contribution in [1.29, 1.82) is 0 Å². The average molecular weight is 270 g/mol. The molecule has 2 amide bonds. The summed E-state index contributed by atoms with van der Waals surface area (Å²) in [5.41, 5.74) is 0. The third kappa shape index (κ3) is 4.73. The number of carbonyl (C=O) groups excluding carboxylic acids is 1. The largest absolute Gasteiger partial charge is 0.480 e. The van der Waals surface area contributed by atoms with Gasteiger partial charge in [0.25, 0.3) is 0 Å². The number of carboxylic acids is 1. The van der Waals surface area contributed by atoms with Crippen LogP contribution in [-0.2, 0) is 4.79 Å². The molecule has 0 aromatic heterocycles. The van der Waals surface area contributed by atoms with Crippen molar-refractivity contribution in [3.8, 4) is 0 Å². The van der Waals surface area contributed by atoms with Crippen LogP contribution in [0.25, 0.3) is 0 Å². The van der Waals surface area contributed by atoms with Crippen molar-refractivity contribution in [2.45, 2.75) is 65.0 Å². The van der Waals surface area contributed by atoms with E-state index in [1.807, 2.05) is 0 Å². The van der Waals surface area contributed by atoms with E-state index in [-0.39, 0.29) is 12.1 Å². The normalized spacial score (nSPS) is 24.8. The lowest BCUT2D eigenvalue weighted by Gasteiger charge is -2.35. The number of carbonyl (C=O) groups is 2. The average Bonchev–Trinajstić information content (AvgIpc) is 2.35. The van der Waals surface area contributed by atoms with Crippen LogP contribution in [0.15, 0.2) is 0 Å². The summed E-state index contributed by atoms with van der Waals surface area (Å²) in [6, 6.07) is -0.993. The summed E-state index contributed by atoms with van der Waals surface area (Å²) in [5.74, 6) is 0.0400. The molecule has 0 aliphatic heterocycles. The van der Waals surface area contributed by atoms with Crippen LogP contribution >= 0.6 is 0 Å². The standard InChI is InChI=1S/C14H26N2O3/c1-4-11(13(17)18)15-14(19)16-12-8-6-5-7-10(12)9(2)3/h9-12H,4-8H2,1-3H3,(H,17,18)(H2,15,16,19)/t10?,11-,12?/m0/s1. The third-order valence-corrected chi connectivity index (χ3v) is 4.00. The maximum absolute atomic E-state index is 11.9. The van der Waals surface area contributed by atoms with E-state index in [1.165, 1.54) is 6.42 Å². The fourth-order valence-electron chi connectivity index (χ4n) is 2.84. The van der Waals surface area contributed by atoms with Crippen LogP contribution < -0.4 is 10.6 Å². The predicted molar refractivity (Wildman–Crippen MR) is 74.0 cm³/mol. The van der Waals surface area contributed by atoms with Crippen molar-refractivity contribution in [3.63, 3.8) is 0 Å². The van der Waals surface area contributed by atoms with E-state index >= 15 is 0 Å². The molecule has 110 valence electrons. The minimum Gasteiger partial charge on any atom is -0.480 e. The van der Waals surface area contributed by atoms with Crippen LogP contribution in [0, 0.1) is 11.8 Å². The fourth-order valence-corrected chi connectivity index (χ4v) is 2.84. The van der Waals surface area contributed by atoms with Gasteiger partial charge < -0.3 is 15.7 Å². The SMILES string of the molecule is CC[C@H](NC(=O)NC1CCCCC1C(C)C)C(=O)O. The number of amides is 2. The molecule has 19 heavy (non-hydrogen) atoms. The van der Waals surface area contributed by atoms with Crippen molar-refractivity contribution in [3.05, 3.63) is 0 Å². The van der Waals surface area contributed by atoms with Crippen LogP contribution in [0.2, 0.25) is 0 Å². The molecule has 0 bridgehead atoms. The second-order valence-corrected chi connectivity index (χ2v) is 5.72. The molecule has 5 heteroatoms. The van der Waals surface area contributed by atoms with Crippen molar-refractivity contribution in [2.75, 3.05) is 0 Å². The quantitative estimate of drug-likeness (QED) is 0.717. The third-order valence-electron chi connectivity index (χ3n) is 4.00. The lowest BCUT2D eigenvalue weighted by molar-refractivity contribution is -0.139. The van der Waals surface area contributed by atoms with Crippen LogP contribution in [0.3, 0.4) is 0 Å². The van der Waals surface area contributed by atoms with Gasteiger partial charge in [-0.2, -0.15) is 0 Å². The Morgan fingerprint density at radius 2 is 1.89 bits per heavy atom. The van der Waals surface area contributed by atoms with Gasteiger partial charge in [-0.1, -0.05) is 33.6 Å². The molecule has 1 rings (SSSR count). The molecule has 3 atom stereocenters. The van der Waals surface area contributed by atoms with E-state index in [2.05, 4.69) is 24.5 Å². The number of hydrogen-bond acceptors (Lipinski definition) is 2. The number of aliphatic carboxylic acids is 1. The van der Waals surface area contributed by atoms with Crippen molar-refractivity contribution >= 4 is 12.0 Å². The lowest BCUT2D eigenvalue weighted by atomic mass is 9.78. The van der Waals surface area contributed by atoms with Crippen molar-refractivity contribution in [2.24, 2.45) is 11.8 Å². The summed E-state index contributed by atoms with van der Waals surface area (Å²) in [6.45, 7) is 6.10. The zero-order valence-corrected chi connectivity index (χ0v) is 12.1. The molecular weight excluding hydrogens is 244 g/mol. The number of hydrogen-bond donors (Lipinski definition) is 3. The van der Waals surface area contributed by atoms with Crippen molar-refractivity contribution in [1.82, 2.24) is 10.6 Å². The highest BCUT2D eigenvalue weighted by Crippen LogP contribution is 2.30. The maximum atomic E-state index is 11.9. The first kappa shape index (κ1) is 15.8. The summed E-state index contributed by atoms with van der Waals surface area (Å²) in [7, 11) is 0. The van der Waals surface area contributed by atoms with E-state index in [9.17, 15) is 9.59 Å². The van der Waals surface area contributed by atoms with Gasteiger partial charge in [-0.3, -0.25) is 0 Å².